The molecule has 0 aromatic carbocycles. The van der Waals surface area contributed by atoms with Crippen LogP contribution in [0.15, 0.2) is 26.6 Å². The first kappa shape index (κ1) is 14.4. The zero-order valence-corrected chi connectivity index (χ0v) is 13.4. The van der Waals surface area contributed by atoms with Crippen molar-refractivity contribution < 1.29 is 0 Å². The second-order valence-electron chi connectivity index (χ2n) is 4.76. The molecule has 0 aliphatic carbocycles. The fourth-order valence-electron chi connectivity index (χ4n) is 2.13. The van der Waals surface area contributed by atoms with Crippen LogP contribution in [0.3, 0.4) is 0 Å². The molecule has 0 fully saturated rings. The third kappa shape index (κ3) is 2.63. The highest BCUT2D eigenvalue weighted by Crippen LogP contribution is 2.30. The first-order valence-corrected chi connectivity index (χ1v) is 8.32. The highest BCUT2D eigenvalue weighted by molar-refractivity contribution is 7.99. The van der Waals surface area contributed by atoms with Crippen LogP contribution in [0.4, 0.5) is 0 Å². The van der Waals surface area contributed by atoms with Gasteiger partial charge in [-0.1, -0.05) is 0 Å². The summed E-state index contributed by atoms with van der Waals surface area (Å²) in [5.41, 5.74) is 6.80. The fourth-order valence-corrected chi connectivity index (χ4v) is 3.94. The monoisotopic (exact) mass is 324 g/mol. The summed E-state index contributed by atoms with van der Waals surface area (Å²) >= 11 is 2.97. The van der Waals surface area contributed by atoms with Gasteiger partial charge in [0.1, 0.15) is 5.03 Å². The topological polar surface area (TPSA) is 94.0 Å². The standard InChI is InChI=1S/C12H16N6OS2/c1-3-17-10(19)15-16-12(17)21-9-8(6-7(2)13)18-4-5-20-11(18)14-9/h4-5,7H,3,6,13H2,1-2H3,(H,15,19). The van der Waals surface area contributed by atoms with Crippen LogP contribution in [-0.2, 0) is 13.0 Å². The van der Waals surface area contributed by atoms with E-state index >= 15 is 0 Å². The number of fused-ring (bicyclic) bond motifs is 1. The average molecular weight is 324 g/mol. The molecular weight excluding hydrogens is 308 g/mol. The van der Waals surface area contributed by atoms with E-state index < -0.39 is 0 Å². The van der Waals surface area contributed by atoms with Crippen LogP contribution in [0.5, 0.6) is 0 Å². The Morgan fingerprint density at radius 1 is 1.57 bits per heavy atom. The summed E-state index contributed by atoms with van der Waals surface area (Å²) in [6.07, 6.45) is 2.72. The molecule has 1 atom stereocenters. The van der Waals surface area contributed by atoms with Crippen molar-refractivity contribution in [1.29, 1.82) is 0 Å². The minimum absolute atomic E-state index is 0.0386. The van der Waals surface area contributed by atoms with Gasteiger partial charge in [-0.3, -0.25) is 8.97 Å². The molecule has 0 saturated carbocycles. The first-order valence-electron chi connectivity index (χ1n) is 6.63. The van der Waals surface area contributed by atoms with E-state index in [0.717, 1.165) is 22.1 Å². The summed E-state index contributed by atoms with van der Waals surface area (Å²) in [6.45, 7) is 4.45. The largest absolute Gasteiger partial charge is 0.343 e. The molecular formula is C12H16N6OS2. The molecule has 3 aromatic rings. The lowest BCUT2D eigenvalue weighted by Gasteiger charge is -2.06. The first-order chi connectivity index (χ1) is 10.1. The van der Waals surface area contributed by atoms with Crippen molar-refractivity contribution in [2.75, 3.05) is 0 Å². The van der Waals surface area contributed by atoms with Crippen LogP contribution >= 0.6 is 23.1 Å². The van der Waals surface area contributed by atoms with Crippen LogP contribution in [0.2, 0.25) is 0 Å². The molecule has 0 amide bonds. The second kappa shape index (κ2) is 5.66. The number of imidazole rings is 1. The van der Waals surface area contributed by atoms with Crippen LogP contribution in [0.25, 0.3) is 4.96 Å². The Labute approximate surface area is 129 Å². The lowest BCUT2D eigenvalue weighted by molar-refractivity contribution is 0.659. The Morgan fingerprint density at radius 3 is 3.10 bits per heavy atom. The number of aromatic amines is 1. The zero-order chi connectivity index (χ0) is 15.0. The van der Waals surface area contributed by atoms with Gasteiger partial charge in [-0.05, 0) is 25.6 Å². The predicted octanol–water partition coefficient (Wildman–Crippen LogP) is 1.34. The number of thiazole rings is 1. The summed E-state index contributed by atoms with van der Waals surface area (Å²) in [5.74, 6) is 0. The summed E-state index contributed by atoms with van der Waals surface area (Å²) in [4.78, 5) is 17.2. The highest BCUT2D eigenvalue weighted by Gasteiger charge is 2.18. The molecule has 0 aliphatic heterocycles. The van der Waals surface area contributed by atoms with Crippen molar-refractivity contribution in [2.45, 2.75) is 43.0 Å². The number of H-pyrrole nitrogens is 1. The van der Waals surface area contributed by atoms with Gasteiger partial charge in [0.2, 0.25) is 0 Å². The van der Waals surface area contributed by atoms with Gasteiger partial charge < -0.3 is 5.73 Å². The van der Waals surface area contributed by atoms with Gasteiger partial charge in [-0.25, -0.2) is 14.9 Å². The Balaban J connectivity index is 2.03. The van der Waals surface area contributed by atoms with Gasteiger partial charge in [-0.2, -0.15) is 0 Å². The number of rotatable bonds is 5. The number of nitrogens with one attached hydrogen (secondary N) is 1. The van der Waals surface area contributed by atoms with E-state index in [2.05, 4.69) is 19.6 Å². The van der Waals surface area contributed by atoms with Crippen molar-refractivity contribution in [3.8, 4) is 0 Å². The Bertz CT molecular complexity index is 811. The SMILES string of the molecule is CCn1c(Sc2nc3sccn3c2CC(C)N)n[nH]c1=O. The molecule has 21 heavy (non-hydrogen) atoms. The summed E-state index contributed by atoms with van der Waals surface area (Å²) in [5, 5.41) is 10.0. The number of nitrogens with zero attached hydrogens (tertiary/aromatic N) is 4. The van der Waals surface area contributed by atoms with Crippen LogP contribution in [0, 0.1) is 0 Å². The number of hydrogen-bond acceptors (Lipinski definition) is 6. The van der Waals surface area contributed by atoms with Crippen molar-refractivity contribution in [1.82, 2.24) is 24.1 Å². The van der Waals surface area contributed by atoms with E-state index in [9.17, 15) is 4.79 Å². The Morgan fingerprint density at radius 2 is 2.38 bits per heavy atom. The summed E-state index contributed by atoms with van der Waals surface area (Å²) < 4.78 is 3.64. The molecule has 0 aliphatic rings. The van der Waals surface area contributed by atoms with Crippen LogP contribution in [0.1, 0.15) is 19.5 Å². The van der Waals surface area contributed by atoms with E-state index in [0.29, 0.717) is 11.7 Å². The van der Waals surface area contributed by atoms with Crippen molar-refractivity contribution in [2.24, 2.45) is 5.73 Å². The third-order valence-electron chi connectivity index (χ3n) is 3.07. The molecule has 0 bridgehead atoms. The van der Waals surface area contributed by atoms with E-state index in [4.69, 9.17) is 5.73 Å². The number of nitrogens with two attached hydrogens (primary N) is 1. The maximum absolute atomic E-state index is 11.6. The Kier molecular flexibility index (Phi) is 3.87. The molecule has 9 heteroatoms. The predicted molar refractivity (Wildman–Crippen MR) is 83.1 cm³/mol. The van der Waals surface area contributed by atoms with Crippen LogP contribution in [-0.4, -0.2) is 30.2 Å². The van der Waals surface area contributed by atoms with E-state index in [-0.39, 0.29) is 11.7 Å². The third-order valence-corrected chi connectivity index (χ3v) is 4.84. The Hall–Kier alpha value is -1.58. The van der Waals surface area contributed by atoms with E-state index in [1.807, 2.05) is 25.4 Å². The molecule has 3 N–H and O–H groups in total. The van der Waals surface area contributed by atoms with Crippen LogP contribution < -0.4 is 11.4 Å². The van der Waals surface area contributed by atoms with Crippen molar-refractivity contribution in [3.05, 3.63) is 27.8 Å². The molecule has 1 unspecified atom stereocenters. The molecule has 3 rings (SSSR count). The lowest BCUT2D eigenvalue weighted by atomic mass is 10.2. The smallest absolute Gasteiger partial charge is 0.328 e. The molecule has 0 radical (unpaired) electrons. The van der Waals surface area contributed by atoms with Gasteiger partial charge in [0, 0.05) is 30.6 Å². The molecule has 7 nitrogen and oxygen atoms in total. The summed E-state index contributed by atoms with van der Waals surface area (Å²) in [6, 6.07) is 0.0386. The molecule has 112 valence electrons. The number of aromatic nitrogens is 5. The zero-order valence-electron chi connectivity index (χ0n) is 11.7. The minimum Gasteiger partial charge on any atom is -0.328 e. The minimum atomic E-state index is -0.199. The normalized spacial score (nSPS) is 13.1. The highest BCUT2D eigenvalue weighted by atomic mass is 32.2. The molecule has 3 heterocycles. The van der Waals surface area contributed by atoms with Gasteiger partial charge in [0.25, 0.3) is 0 Å². The average Bonchev–Trinajstić information content (AvgIpc) is 3.08. The van der Waals surface area contributed by atoms with Gasteiger partial charge in [-0.15, -0.1) is 16.4 Å². The maximum Gasteiger partial charge on any atom is 0.343 e. The number of hydrogen-bond donors (Lipinski definition) is 2. The molecule has 3 aromatic heterocycles. The summed E-state index contributed by atoms with van der Waals surface area (Å²) in [7, 11) is 0. The van der Waals surface area contributed by atoms with Gasteiger partial charge in [0.05, 0.1) is 5.69 Å². The second-order valence-corrected chi connectivity index (χ2v) is 6.59. The van der Waals surface area contributed by atoms with E-state index in [1.165, 1.54) is 11.8 Å². The molecule has 0 spiro atoms. The maximum atomic E-state index is 11.6. The van der Waals surface area contributed by atoms with E-state index in [1.54, 1.807) is 15.9 Å². The van der Waals surface area contributed by atoms with Crippen molar-refractivity contribution in [3.63, 3.8) is 0 Å². The lowest BCUT2D eigenvalue weighted by Crippen LogP contribution is -2.19. The molecule has 0 saturated heterocycles. The van der Waals surface area contributed by atoms with Crippen molar-refractivity contribution >= 4 is 28.1 Å². The van der Waals surface area contributed by atoms with Gasteiger partial charge in [0.15, 0.2) is 10.1 Å². The van der Waals surface area contributed by atoms with Gasteiger partial charge >= 0.3 is 5.69 Å². The quantitative estimate of drug-likeness (QED) is 0.738. The fraction of sp³-hybridized carbons (Fsp3) is 0.417.